The van der Waals surface area contributed by atoms with Crippen molar-refractivity contribution in [2.75, 3.05) is 19.5 Å². The summed E-state index contributed by atoms with van der Waals surface area (Å²) in [5.41, 5.74) is 2.01. The van der Waals surface area contributed by atoms with E-state index in [1.807, 2.05) is 13.0 Å². The highest BCUT2D eigenvalue weighted by atomic mass is 35.5. The summed E-state index contributed by atoms with van der Waals surface area (Å²) in [6.45, 7) is 1.89. The van der Waals surface area contributed by atoms with Crippen LogP contribution in [0.5, 0.6) is 11.5 Å². The number of carbonyl (C=O) groups excluding carboxylic acids is 1. The average Bonchev–Trinajstić information content (AvgIpc) is 2.49. The maximum absolute atomic E-state index is 12.2. The van der Waals surface area contributed by atoms with Gasteiger partial charge in [0.2, 0.25) is 0 Å². The topological polar surface area (TPSA) is 47.6 Å². The highest BCUT2D eigenvalue weighted by molar-refractivity contribution is 6.31. The molecule has 1 amide bonds. The van der Waals surface area contributed by atoms with Crippen molar-refractivity contribution >= 4 is 23.2 Å². The number of nitrogens with one attached hydrogen (secondary N) is 1. The van der Waals surface area contributed by atoms with Gasteiger partial charge in [0.15, 0.2) is 0 Å². The van der Waals surface area contributed by atoms with Crippen molar-refractivity contribution in [1.29, 1.82) is 0 Å². The van der Waals surface area contributed by atoms with E-state index < -0.39 is 0 Å². The van der Waals surface area contributed by atoms with E-state index in [1.165, 1.54) is 0 Å². The van der Waals surface area contributed by atoms with Gasteiger partial charge >= 0.3 is 0 Å². The minimum absolute atomic E-state index is 0.243. The van der Waals surface area contributed by atoms with E-state index in [9.17, 15) is 4.79 Å². The van der Waals surface area contributed by atoms with E-state index in [1.54, 1.807) is 44.6 Å². The van der Waals surface area contributed by atoms with Crippen LogP contribution in [0.15, 0.2) is 36.4 Å². The van der Waals surface area contributed by atoms with Gasteiger partial charge in [-0.3, -0.25) is 4.79 Å². The van der Waals surface area contributed by atoms with E-state index in [0.717, 1.165) is 5.56 Å². The van der Waals surface area contributed by atoms with E-state index >= 15 is 0 Å². The minimum atomic E-state index is -0.243. The maximum atomic E-state index is 12.2. The van der Waals surface area contributed by atoms with Crippen LogP contribution in [0.1, 0.15) is 15.9 Å². The van der Waals surface area contributed by atoms with E-state index in [4.69, 9.17) is 21.1 Å². The van der Waals surface area contributed by atoms with E-state index in [2.05, 4.69) is 5.32 Å². The lowest BCUT2D eigenvalue weighted by Crippen LogP contribution is -2.12. The second-order valence-corrected chi connectivity index (χ2v) is 4.93. The molecule has 0 fully saturated rings. The van der Waals surface area contributed by atoms with Crippen LogP contribution in [0.3, 0.4) is 0 Å². The zero-order valence-corrected chi connectivity index (χ0v) is 12.8. The Balaban J connectivity index is 2.24. The normalized spacial score (nSPS) is 10.1. The molecule has 2 rings (SSSR count). The molecule has 2 aromatic rings. The summed E-state index contributed by atoms with van der Waals surface area (Å²) in [5, 5.41) is 3.36. The van der Waals surface area contributed by atoms with E-state index in [-0.39, 0.29) is 5.91 Å². The molecule has 4 nitrogen and oxygen atoms in total. The number of carbonyl (C=O) groups is 1. The van der Waals surface area contributed by atoms with Crippen molar-refractivity contribution in [3.05, 3.63) is 52.5 Å². The zero-order valence-electron chi connectivity index (χ0n) is 12.1. The summed E-state index contributed by atoms with van der Waals surface area (Å²) >= 11 is 6.04. The number of halogens is 1. The van der Waals surface area contributed by atoms with Gasteiger partial charge in [-0.05, 0) is 24.6 Å². The molecular formula is C16H16ClNO3. The molecule has 0 saturated carbocycles. The summed E-state index contributed by atoms with van der Waals surface area (Å²) in [6, 6.07) is 10.4. The van der Waals surface area contributed by atoms with Crippen molar-refractivity contribution in [3.8, 4) is 11.5 Å². The van der Waals surface area contributed by atoms with Crippen molar-refractivity contribution in [1.82, 2.24) is 0 Å². The first-order chi connectivity index (χ1) is 10.0. The fraction of sp³-hybridized carbons (Fsp3) is 0.188. The molecule has 0 atom stereocenters. The van der Waals surface area contributed by atoms with Gasteiger partial charge in [-0.15, -0.1) is 0 Å². The number of methoxy groups -OCH3 is 2. The van der Waals surface area contributed by atoms with Crippen LogP contribution in [0.2, 0.25) is 5.02 Å². The van der Waals surface area contributed by atoms with E-state index in [0.29, 0.717) is 27.8 Å². The molecule has 1 N–H and O–H groups in total. The Morgan fingerprint density at radius 3 is 2.19 bits per heavy atom. The lowest BCUT2D eigenvalue weighted by atomic mass is 10.1. The molecular weight excluding hydrogens is 290 g/mol. The van der Waals surface area contributed by atoms with Crippen molar-refractivity contribution in [2.45, 2.75) is 6.92 Å². The van der Waals surface area contributed by atoms with Gasteiger partial charge < -0.3 is 14.8 Å². The number of hydrogen-bond acceptors (Lipinski definition) is 3. The molecule has 0 aliphatic rings. The number of ether oxygens (including phenoxy) is 2. The van der Waals surface area contributed by atoms with Crippen LogP contribution in [0, 0.1) is 6.92 Å². The zero-order chi connectivity index (χ0) is 15.4. The third-order valence-corrected chi connectivity index (χ3v) is 3.45. The first kappa shape index (κ1) is 15.2. The number of aryl methyl sites for hydroxylation is 1. The Morgan fingerprint density at radius 1 is 1.05 bits per heavy atom. The number of benzene rings is 2. The van der Waals surface area contributed by atoms with Gasteiger partial charge in [-0.25, -0.2) is 0 Å². The lowest BCUT2D eigenvalue weighted by molar-refractivity contribution is 0.102. The van der Waals surface area contributed by atoms with Crippen molar-refractivity contribution < 1.29 is 14.3 Å². The first-order valence-corrected chi connectivity index (χ1v) is 6.72. The molecule has 0 heterocycles. The molecule has 0 aliphatic heterocycles. The number of rotatable bonds is 4. The average molecular weight is 306 g/mol. The first-order valence-electron chi connectivity index (χ1n) is 6.34. The third-order valence-electron chi connectivity index (χ3n) is 3.04. The Morgan fingerprint density at radius 2 is 1.67 bits per heavy atom. The Hall–Kier alpha value is -2.20. The van der Waals surface area contributed by atoms with Crippen LogP contribution in [-0.4, -0.2) is 20.1 Å². The van der Waals surface area contributed by atoms with Gasteiger partial charge in [0.05, 0.1) is 14.2 Å². The molecule has 5 heteroatoms. The predicted molar refractivity (Wildman–Crippen MR) is 83.7 cm³/mol. The van der Waals surface area contributed by atoms with Gasteiger partial charge in [-0.1, -0.05) is 17.7 Å². The standard InChI is InChI=1S/C16H16ClNO3/c1-10-4-5-11(6-15(10)17)16(19)18-12-7-13(20-2)9-14(8-12)21-3/h4-9H,1-3H3,(H,18,19). The molecule has 0 radical (unpaired) electrons. The molecule has 21 heavy (non-hydrogen) atoms. The Kier molecular flexibility index (Phi) is 4.70. The third kappa shape index (κ3) is 3.67. The van der Waals surface area contributed by atoms with Crippen LogP contribution in [0.25, 0.3) is 0 Å². The van der Waals surface area contributed by atoms with Crippen LogP contribution < -0.4 is 14.8 Å². The van der Waals surface area contributed by atoms with Crippen LogP contribution in [-0.2, 0) is 0 Å². The van der Waals surface area contributed by atoms with Crippen molar-refractivity contribution in [2.24, 2.45) is 0 Å². The fourth-order valence-electron chi connectivity index (χ4n) is 1.82. The lowest BCUT2D eigenvalue weighted by Gasteiger charge is -2.10. The van der Waals surface area contributed by atoms with Crippen LogP contribution >= 0.6 is 11.6 Å². The summed E-state index contributed by atoms with van der Waals surface area (Å²) in [4.78, 5) is 12.2. The maximum Gasteiger partial charge on any atom is 0.255 e. The second kappa shape index (κ2) is 6.50. The molecule has 0 aromatic heterocycles. The SMILES string of the molecule is COc1cc(NC(=O)c2ccc(C)c(Cl)c2)cc(OC)c1. The van der Waals surface area contributed by atoms with Crippen LogP contribution in [0.4, 0.5) is 5.69 Å². The molecule has 0 spiro atoms. The summed E-state index contributed by atoms with van der Waals surface area (Å²) in [6.07, 6.45) is 0. The highest BCUT2D eigenvalue weighted by Crippen LogP contribution is 2.26. The Labute approximate surface area is 128 Å². The second-order valence-electron chi connectivity index (χ2n) is 4.52. The predicted octanol–water partition coefficient (Wildman–Crippen LogP) is 3.92. The number of anilines is 1. The summed E-state index contributed by atoms with van der Waals surface area (Å²) in [5.74, 6) is 0.963. The minimum Gasteiger partial charge on any atom is -0.497 e. The molecule has 0 saturated heterocycles. The summed E-state index contributed by atoms with van der Waals surface area (Å²) < 4.78 is 10.3. The summed E-state index contributed by atoms with van der Waals surface area (Å²) in [7, 11) is 3.11. The number of amides is 1. The van der Waals surface area contributed by atoms with Gasteiger partial charge in [-0.2, -0.15) is 0 Å². The monoisotopic (exact) mass is 305 g/mol. The molecule has 2 aromatic carbocycles. The number of hydrogen-bond donors (Lipinski definition) is 1. The largest absolute Gasteiger partial charge is 0.497 e. The Bertz CT molecular complexity index is 648. The molecule has 0 bridgehead atoms. The smallest absolute Gasteiger partial charge is 0.255 e. The molecule has 110 valence electrons. The quantitative estimate of drug-likeness (QED) is 0.931. The van der Waals surface area contributed by atoms with Gasteiger partial charge in [0, 0.05) is 34.5 Å². The van der Waals surface area contributed by atoms with Gasteiger partial charge in [0.1, 0.15) is 11.5 Å². The fourth-order valence-corrected chi connectivity index (χ4v) is 2.00. The molecule has 0 unspecified atom stereocenters. The molecule has 0 aliphatic carbocycles. The highest BCUT2D eigenvalue weighted by Gasteiger charge is 2.09. The van der Waals surface area contributed by atoms with Crippen molar-refractivity contribution in [3.63, 3.8) is 0 Å². The van der Waals surface area contributed by atoms with Gasteiger partial charge in [0.25, 0.3) is 5.91 Å².